The quantitative estimate of drug-likeness (QED) is 0.388. The Hall–Kier alpha value is -3.21. The van der Waals surface area contributed by atoms with Crippen molar-refractivity contribution in [2.75, 3.05) is 10.6 Å². The van der Waals surface area contributed by atoms with Gasteiger partial charge in [-0.2, -0.15) is 31.4 Å². The molecule has 2 atom stereocenters. The second-order valence-corrected chi connectivity index (χ2v) is 8.31. The van der Waals surface area contributed by atoms with E-state index in [0.29, 0.717) is 16.3 Å². The fourth-order valence-corrected chi connectivity index (χ4v) is 3.94. The molecule has 3 aromatic rings. The van der Waals surface area contributed by atoms with E-state index in [1.807, 2.05) is 6.92 Å². The minimum atomic E-state index is -4.75. The molecule has 1 aromatic heterocycles. The molecule has 180 valence electrons. The van der Waals surface area contributed by atoms with Gasteiger partial charge in [-0.05, 0) is 30.7 Å². The lowest BCUT2D eigenvalue weighted by Gasteiger charge is -2.33. The Bertz CT molecular complexity index is 1220. The predicted molar refractivity (Wildman–Crippen MR) is 114 cm³/mol. The molecule has 0 fully saturated rings. The zero-order valence-corrected chi connectivity index (χ0v) is 18.2. The number of carbonyl (C=O) groups is 1. The Balaban J connectivity index is 1.63. The third-order valence-corrected chi connectivity index (χ3v) is 5.76. The van der Waals surface area contributed by atoms with Crippen LogP contribution in [0.15, 0.2) is 48.5 Å². The molecule has 0 spiro atoms. The number of halogens is 7. The van der Waals surface area contributed by atoms with Crippen LogP contribution < -0.4 is 10.6 Å². The number of amides is 1. The molecule has 0 aliphatic carbocycles. The highest BCUT2D eigenvalue weighted by Crippen LogP contribution is 2.43. The summed E-state index contributed by atoms with van der Waals surface area (Å²) in [6, 6.07) is 8.22. The first-order chi connectivity index (χ1) is 15.8. The first kappa shape index (κ1) is 23.9. The largest absolute Gasteiger partial charge is 0.417 e. The van der Waals surface area contributed by atoms with Gasteiger partial charge in [0.15, 0.2) is 11.7 Å². The van der Waals surface area contributed by atoms with E-state index in [-0.39, 0.29) is 23.6 Å². The smallest absolute Gasteiger partial charge is 0.363 e. The summed E-state index contributed by atoms with van der Waals surface area (Å²) in [6.45, 7) is 1.86. The van der Waals surface area contributed by atoms with Crippen LogP contribution in [0.3, 0.4) is 0 Å². The number of fused-ring (bicyclic) bond motifs is 1. The Labute approximate surface area is 194 Å². The summed E-state index contributed by atoms with van der Waals surface area (Å²) >= 11 is 5.57. The Morgan fingerprint density at radius 3 is 2.38 bits per heavy atom. The first-order valence-electron chi connectivity index (χ1n) is 10.0. The van der Waals surface area contributed by atoms with Gasteiger partial charge in [-0.25, -0.2) is 4.68 Å². The first-order valence-corrected chi connectivity index (χ1v) is 10.4. The zero-order chi connectivity index (χ0) is 24.8. The van der Waals surface area contributed by atoms with Crippen molar-refractivity contribution in [3.8, 4) is 0 Å². The van der Waals surface area contributed by atoms with Crippen LogP contribution in [0.5, 0.6) is 0 Å². The average molecular weight is 503 g/mol. The van der Waals surface area contributed by atoms with E-state index in [4.69, 9.17) is 11.6 Å². The minimum Gasteiger partial charge on any atom is -0.363 e. The molecule has 1 aliphatic heterocycles. The molecule has 0 radical (unpaired) electrons. The van der Waals surface area contributed by atoms with E-state index in [1.54, 1.807) is 24.3 Å². The Morgan fingerprint density at radius 1 is 1.09 bits per heavy atom. The molecule has 0 saturated carbocycles. The molecule has 2 unspecified atom stereocenters. The van der Waals surface area contributed by atoms with E-state index in [2.05, 4.69) is 15.7 Å². The number of benzene rings is 2. The molecule has 12 heteroatoms. The highest BCUT2D eigenvalue weighted by atomic mass is 35.5. The number of carbonyl (C=O) groups excluding carboxylic acids is 1. The van der Waals surface area contributed by atoms with E-state index in [0.717, 1.165) is 23.8 Å². The summed E-state index contributed by atoms with van der Waals surface area (Å²) in [5.74, 6) is -0.997. The molecule has 1 aliphatic rings. The molecule has 5 nitrogen and oxygen atoms in total. The van der Waals surface area contributed by atoms with Crippen molar-refractivity contribution in [3.63, 3.8) is 0 Å². The number of aromatic nitrogens is 2. The van der Waals surface area contributed by atoms with Crippen molar-refractivity contribution in [2.24, 2.45) is 0 Å². The highest BCUT2D eigenvalue weighted by molar-refractivity contribution is 6.31. The van der Waals surface area contributed by atoms with Crippen LogP contribution in [0, 0.1) is 6.92 Å². The molecule has 2 N–H and O–H groups in total. The van der Waals surface area contributed by atoms with E-state index >= 15 is 0 Å². The van der Waals surface area contributed by atoms with Gasteiger partial charge in [0.2, 0.25) is 0 Å². The zero-order valence-electron chi connectivity index (χ0n) is 17.4. The SMILES string of the molecule is Cc1ccc(C2CC(C(F)(F)F)n3nc(C(=O)Nc4ccc(Cl)c(C(F)(F)F)c4)cc3N2)cc1. The van der Waals surface area contributed by atoms with Crippen LogP contribution >= 0.6 is 11.6 Å². The van der Waals surface area contributed by atoms with Gasteiger partial charge in [0, 0.05) is 18.2 Å². The second kappa shape index (κ2) is 8.53. The van der Waals surface area contributed by atoms with Gasteiger partial charge in [0.05, 0.1) is 16.6 Å². The number of hydrogen-bond acceptors (Lipinski definition) is 3. The molecular formula is C22H17ClF6N4O. The number of aryl methyl sites for hydroxylation is 1. The summed E-state index contributed by atoms with van der Waals surface area (Å²) in [5, 5.41) is 8.44. The standard InChI is InChI=1S/C22H17ClF6N4O/c1-11-2-4-12(5-3-11)16-9-18(22(27,28)29)33-19(31-16)10-17(32-33)20(34)30-13-6-7-15(23)14(8-13)21(24,25)26/h2-8,10,16,18,31H,9H2,1H3,(H,30,34). The lowest BCUT2D eigenvalue weighted by atomic mass is 9.96. The predicted octanol–water partition coefficient (Wildman–Crippen LogP) is 6.78. The molecule has 1 amide bonds. The molecular weight excluding hydrogens is 486 g/mol. The maximum atomic E-state index is 13.8. The fraction of sp³-hybridized carbons (Fsp3) is 0.273. The summed E-state index contributed by atoms with van der Waals surface area (Å²) in [7, 11) is 0. The lowest BCUT2D eigenvalue weighted by Crippen LogP contribution is -2.35. The Morgan fingerprint density at radius 2 is 1.76 bits per heavy atom. The third-order valence-electron chi connectivity index (χ3n) is 5.43. The van der Waals surface area contributed by atoms with Crippen LogP contribution in [-0.4, -0.2) is 21.9 Å². The number of alkyl halides is 6. The number of hydrogen-bond donors (Lipinski definition) is 2. The van der Waals surface area contributed by atoms with Crippen LogP contribution in [0.1, 0.15) is 45.7 Å². The van der Waals surface area contributed by atoms with E-state index in [1.165, 1.54) is 0 Å². The van der Waals surface area contributed by atoms with Gasteiger partial charge in [-0.3, -0.25) is 4.79 Å². The van der Waals surface area contributed by atoms with Crippen LogP contribution in [-0.2, 0) is 6.18 Å². The minimum absolute atomic E-state index is 0.0311. The van der Waals surface area contributed by atoms with Gasteiger partial charge in [-0.15, -0.1) is 0 Å². The van der Waals surface area contributed by atoms with Crippen LogP contribution in [0.2, 0.25) is 5.02 Å². The summed E-state index contributed by atoms with van der Waals surface area (Å²) in [4.78, 5) is 12.6. The van der Waals surface area contributed by atoms with Gasteiger partial charge < -0.3 is 10.6 Å². The second-order valence-electron chi connectivity index (χ2n) is 7.91. The number of rotatable bonds is 3. The monoisotopic (exact) mass is 502 g/mol. The lowest BCUT2D eigenvalue weighted by molar-refractivity contribution is -0.173. The molecule has 2 heterocycles. The van der Waals surface area contributed by atoms with Crippen molar-refractivity contribution < 1.29 is 31.1 Å². The Kier molecular flexibility index (Phi) is 6.01. The number of nitrogens with zero attached hydrogens (tertiary/aromatic N) is 2. The van der Waals surface area contributed by atoms with E-state index < -0.39 is 40.9 Å². The van der Waals surface area contributed by atoms with Crippen LogP contribution in [0.25, 0.3) is 0 Å². The molecule has 34 heavy (non-hydrogen) atoms. The maximum Gasteiger partial charge on any atom is 0.417 e. The van der Waals surface area contributed by atoms with Crippen molar-refractivity contribution in [1.82, 2.24) is 9.78 Å². The summed E-state index contributed by atoms with van der Waals surface area (Å²) < 4.78 is 81.3. The van der Waals surface area contributed by atoms with Crippen LogP contribution in [0.4, 0.5) is 37.8 Å². The van der Waals surface area contributed by atoms with Crippen molar-refractivity contribution in [2.45, 2.75) is 37.8 Å². The van der Waals surface area contributed by atoms with E-state index in [9.17, 15) is 31.1 Å². The third kappa shape index (κ3) is 4.84. The number of anilines is 2. The van der Waals surface area contributed by atoms with Gasteiger partial charge >= 0.3 is 12.4 Å². The van der Waals surface area contributed by atoms with Crippen molar-refractivity contribution >= 4 is 29.0 Å². The summed E-state index contributed by atoms with van der Waals surface area (Å²) in [5.41, 5.74) is -0.183. The van der Waals surface area contributed by atoms with Gasteiger partial charge in [0.25, 0.3) is 5.91 Å². The molecule has 0 bridgehead atoms. The van der Waals surface area contributed by atoms with Gasteiger partial charge in [0.1, 0.15) is 5.82 Å². The fourth-order valence-electron chi connectivity index (χ4n) is 3.72. The molecule has 4 rings (SSSR count). The van der Waals surface area contributed by atoms with Crippen molar-refractivity contribution in [3.05, 3.63) is 75.9 Å². The topological polar surface area (TPSA) is 59.0 Å². The highest BCUT2D eigenvalue weighted by Gasteiger charge is 2.46. The van der Waals surface area contributed by atoms with Gasteiger partial charge in [-0.1, -0.05) is 41.4 Å². The number of nitrogens with one attached hydrogen (secondary N) is 2. The summed E-state index contributed by atoms with van der Waals surface area (Å²) in [6.07, 6.45) is -9.74. The molecule has 0 saturated heterocycles. The maximum absolute atomic E-state index is 13.8. The normalized spacial score (nSPS) is 18.2. The molecule has 2 aromatic carbocycles. The average Bonchev–Trinajstić information content (AvgIpc) is 3.17. The van der Waals surface area contributed by atoms with Crippen molar-refractivity contribution in [1.29, 1.82) is 0 Å².